The summed E-state index contributed by atoms with van der Waals surface area (Å²) >= 11 is 1.33. The molecule has 0 aromatic carbocycles. The maximum atomic E-state index is 11.7. The van der Waals surface area contributed by atoms with Gasteiger partial charge in [0, 0.05) is 18.6 Å². The van der Waals surface area contributed by atoms with Crippen LogP contribution in [0.4, 0.5) is 5.13 Å². The van der Waals surface area contributed by atoms with E-state index in [9.17, 15) is 8.42 Å². The summed E-state index contributed by atoms with van der Waals surface area (Å²) in [4.78, 5) is 3.96. The lowest BCUT2D eigenvalue weighted by atomic mass is 10.4. The van der Waals surface area contributed by atoms with Crippen molar-refractivity contribution < 1.29 is 8.42 Å². The molecular formula is C8H14N2O2S2. The molecular weight excluding hydrogens is 220 g/mol. The van der Waals surface area contributed by atoms with Gasteiger partial charge in [0.15, 0.2) is 5.13 Å². The predicted octanol–water partition coefficient (Wildman–Crippen LogP) is 1.71. The second kappa shape index (κ2) is 4.75. The molecule has 6 heteroatoms. The zero-order chi connectivity index (χ0) is 10.6. The minimum Gasteiger partial charge on any atom is -0.248 e. The van der Waals surface area contributed by atoms with Gasteiger partial charge in [-0.3, -0.25) is 0 Å². The maximum Gasteiger partial charge on any atom is 0.236 e. The number of hydrogen-bond donors (Lipinski definition) is 0. The van der Waals surface area contributed by atoms with Crippen molar-refractivity contribution in [2.45, 2.75) is 19.8 Å². The summed E-state index contributed by atoms with van der Waals surface area (Å²) in [5.74, 6) is 0.194. The zero-order valence-electron chi connectivity index (χ0n) is 8.30. The number of aromatic nitrogens is 1. The Morgan fingerprint density at radius 2 is 2.29 bits per heavy atom. The van der Waals surface area contributed by atoms with Crippen LogP contribution < -0.4 is 4.31 Å². The minimum absolute atomic E-state index is 0.194. The second-order valence-electron chi connectivity index (χ2n) is 2.95. The Labute approximate surface area is 88.6 Å². The number of sulfonamides is 1. The van der Waals surface area contributed by atoms with Crippen LogP contribution in [-0.4, -0.2) is 26.2 Å². The van der Waals surface area contributed by atoms with Gasteiger partial charge in [-0.1, -0.05) is 13.3 Å². The van der Waals surface area contributed by atoms with Crippen molar-refractivity contribution in [1.82, 2.24) is 4.98 Å². The van der Waals surface area contributed by atoms with Crippen molar-refractivity contribution in [2.24, 2.45) is 0 Å². The number of hydrogen-bond acceptors (Lipinski definition) is 4. The number of nitrogens with zero attached hydrogens (tertiary/aromatic N) is 2. The minimum atomic E-state index is -3.16. The van der Waals surface area contributed by atoms with E-state index in [2.05, 4.69) is 4.98 Å². The second-order valence-corrected chi connectivity index (χ2v) is 5.94. The van der Waals surface area contributed by atoms with Gasteiger partial charge in [-0.15, -0.1) is 11.3 Å². The summed E-state index contributed by atoms with van der Waals surface area (Å²) in [5.41, 5.74) is 0. The van der Waals surface area contributed by atoms with Crippen molar-refractivity contribution in [2.75, 3.05) is 17.1 Å². The van der Waals surface area contributed by atoms with Gasteiger partial charge in [-0.2, -0.15) is 0 Å². The van der Waals surface area contributed by atoms with Gasteiger partial charge >= 0.3 is 0 Å². The fourth-order valence-corrected chi connectivity index (χ4v) is 3.15. The summed E-state index contributed by atoms with van der Waals surface area (Å²) in [7, 11) is -1.62. The van der Waals surface area contributed by atoms with Crippen LogP contribution in [0.2, 0.25) is 0 Å². The van der Waals surface area contributed by atoms with Crippen molar-refractivity contribution in [3.05, 3.63) is 11.6 Å². The van der Waals surface area contributed by atoms with Crippen molar-refractivity contribution >= 4 is 26.5 Å². The first-order valence-corrected chi connectivity index (χ1v) is 6.93. The van der Waals surface area contributed by atoms with Crippen LogP contribution in [0.5, 0.6) is 0 Å². The van der Waals surface area contributed by atoms with E-state index in [1.54, 1.807) is 18.6 Å². The molecule has 0 saturated heterocycles. The van der Waals surface area contributed by atoms with Crippen LogP contribution in [0, 0.1) is 0 Å². The van der Waals surface area contributed by atoms with E-state index in [4.69, 9.17) is 0 Å². The van der Waals surface area contributed by atoms with Crippen LogP contribution in [0.15, 0.2) is 11.6 Å². The van der Waals surface area contributed by atoms with E-state index in [0.29, 0.717) is 11.6 Å². The third-order valence-electron chi connectivity index (χ3n) is 1.86. The summed E-state index contributed by atoms with van der Waals surface area (Å²) in [6.07, 6.45) is 3.18. The lowest BCUT2D eigenvalue weighted by molar-refractivity contribution is 0.591. The van der Waals surface area contributed by atoms with Crippen LogP contribution in [0.3, 0.4) is 0 Å². The molecule has 0 unspecified atom stereocenters. The molecule has 0 atom stereocenters. The first kappa shape index (κ1) is 11.5. The molecule has 14 heavy (non-hydrogen) atoms. The highest BCUT2D eigenvalue weighted by Crippen LogP contribution is 2.19. The van der Waals surface area contributed by atoms with Crippen LogP contribution in [-0.2, 0) is 10.0 Å². The van der Waals surface area contributed by atoms with E-state index >= 15 is 0 Å². The third kappa shape index (κ3) is 2.68. The Morgan fingerprint density at radius 1 is 1.57 bits per heavy atom. The quantitative estimate of drug-likeness (QED) is 0.779. The van der Waals surface area contributed by atoms with Gasteiger partial charge in [0.2, 0.25) is 10.0 Å². The van der Waals surface area contributed by atoms with Gasteiger partial charge in [-0.05, 0) is 6.42 Å². The predicted molar refractivity (Wildman–Crippen MR) is 59.2 cm³/mol. The Bertz CT molecular complexity index is 359. The van der Waals surface area contributed by atoms with E-state index in [1.807, 2.05) is 6.92 Å². The molecule has 0 amide bonds. The largest absolute Gasteiger partial charge is 0.248 e. The summed E-state index contributed by atoms with van der Waals surface area (Å²) in [5, 5.41) is 2.29. The summed E-state index contributed by atoms with van der Waals surface area (Å²) in [6.45, 7) is 1.97. The third-order valence-corrected chi connectivity index (χ3v) is 4.64. The molecule has 1 rings (SSSR count). The monoisotopic (exact) mass is 234 g/mol. The molecule has 0 aliphatic heterocycles. The Morgan fingerprint density at radius 3 is 2.79 bits per heavy atom. The van der Waals surface area contributed by atoms with Crippen molar-refractivity contribution in [3.63, 3.8) is 0 Å². The SMILES string of the molecule is CCCCS(=O)(=O)N(C)c1nccs1. The topological polar surface area (TPSA) is 50.3 Å². The smallest absolute Gasteiger partial charge is 0.236 e. The number of thiazole rings is 1. The van der Waals surface area contributed by atoms with E-state index in [0.717, 1.165) is 6.42 Å². The van der Waals surface area contributed by atoms with E-state index < -0.39 is 10.0 Å². The highest BCUT2D eigenvalue weighted by atomic mass is 32.2. The summed E-state index contributed by atoms with van der Waals surface area (Å²) in [6, 6.07) is 0. The number of anilines is 1. The van der Waals surface area contributed by atoms with Gasteiger partial charge in [0.25, 0.3) is 0 Å². The maximum absolute atomic E-state index is 11.7. The molecule has 80 valence electrons. The lowest BCUT2D eigenvalue weighted by Crippen LogP contribution is -2.28. The average molecular weight is 234 g/mol. The van der Waals surface area contributed by atoms with Gasteiger partial charge in [0.05, 0.1) is 5.75 Å². The fraction of sp³-hybridized carbons (Fsp3) is 0.625. The summed E-state index contributed by atoms with van der Waals surface area (Å²) < 4.78 is 24.6. The van der Waals surface area contributed by atoms with Gasteiger partial charge < -0.3 is 0 Å². The van der Waals surface area contributed by atoms with Crippen LogP contribution in [0.1, 0.15) is 19.8 Å². The highest BCUT2D eigenvalue weighted by molar-refractivity contribution is 7.92. The standard InChI is InChI=1S/C8H14N2O2S2/c1-3-4-7-14(11,12)10(2)8-9-5-6-13-8/h5-6H,3-4,7H2,1-2H3. The molecule has 0 aliphatic carbocycles. The molecule has 0 bridgehead atoms. The molecule has 4 nitrogen and oxygen atoms in total. The van der Waals surface area contributed by atoms with Gasteiger partial charge in [0.1, 0.15) is 0 Å². The first-order chi connectivity index (χ1) is 6.58. The molecule has 0 saturated carbocycles. The van der Waals surface area contributed by atoms with E-state index in [-0.39, 0.29) is 5.75 Å². The Hall–Kier alpha value is -0.620. The Balaban J connectivity index is 2.73. The van der Waals surface area contributed by atoms with Crippen LogP contribution >= 0.6 is 11.3 Å². The first-order valence-electron chi connectivity index (χ1n) is 4.44. The highest BCUT2D eigenvalue weighted by Gasteiger charge is 2.18. The number of rotatable bonds is 5. The molecule has 1 aromatic rings. The average Bonchev–Trinajstić information content (AvgIpc) is 2.66. The molecule has 0 N–H and O–H groups in total. The molecule has 0 aliphatic rings. The zero-order valence-corrected chi connectivity index (χ0v) is 9.94. The normalized spacial score (nSPS) is 11.6. The van der Waals surface area contributed by atoms with Crippen molar-refractivity contribution in [3.8, 4) is 0 Å². The molecule has 0 fully saturated rings. The number of unbranched alkanes of at least 4 members (excludes halogenated alkanes) is 1. The molecule has 0 radical (unpaired) electrons. The fourth-order valence-electron chi connectivity index (χ4n) is 0.954. The van der Waals surface area contributed by atoms with Gasteiger partial charge in [-0.25, -0.2) is 17.7 Å². The Kier molecular flexibility index (Phi) is 3.88. The molecule has 1 aromatic heterocycles. The van der Waals surface area contributed by atoms with Crippen LogP contribution in [0.25, 0.3) is 0 Å². The van der Waals surface area contributed by atoms with E-state index in [1.165, 1.54) is 15.6 Å². The van der Waals surface area contributed by atoms with Crippen molar-refractivity contribution in [1.29, 1.82) is 0 Å². The molecule has 1 heterocycles. The lowest BCUT2D eigenvalue weighted by Gasteiger charge is -2.15. The molecule has 0 spiro atoms.